The molecule has 1 aliphatic rings. The minimum absolute atomic E-state index is 0.00802. The predicted octanol–water partition coefficient (Wildman–Crippen LogP) is 2.10. The molecule has 108 valence electrons. The number of hydrogen-bond acceptors (Lipinski definition) is 2. The summed E-state index contributed by atoms with van der Waals surface area (Å²) in [6.45, 7) is 0.144. The Morgan fingerprint density at radius 1 is 1.25 bits per heavy atom. The van der Waals surface area contributed by atoms with Crippen LogP contribution in [-0.4, -0.2) is 49.3 Å². The third-order valence-corrected chi connectivity index (χ3v) is 4.38. The van der Waals surface area contributed by atoms with Gasteiger partial charge >= 0.3 is 0 Å². The first-order valence-electron chi connectivity index (χ1n) is 6.61. The Balaban J connectivity index is 1.96. The average molecular weight is 339 g/mol. The van der Waals surface area contributed by atoms with Crippen LogP contribution in [0.5, 0.6) is 0 Å². The standard InChI is InChI=1S/C15H19BrN2O2/c1-17(2)14(19)9-18(3)15(20)12-8-11(12)10-6-4-5-7-13(10)16/h4-7,11-12H,8-9H2,1-3H3/t11-,12-/m1/s1. The molecule has 2 rings (SSSR count). The minimum Gasteiger partial charge on any atom is -0.347 e. The lowest BCUT2D eigenvalue weighted by atomic mass is 10.1. The second-order valence-corrected chi connectivity index (χ2v) is 6.31. The Morgan fingerprint density at radius 2 is 1.90 bits per heavy atom. The van der Waals surface area contributed by atoms with Crippen molar-refractivity contribution >= 4 is 27.7 Å². The first-order chi connectivity index (χ1) is 9.41. The van der Waals surface area contributed by atoms with Crippen molar-refractivity contribution in [3.8, 4) is 0 Å². The smallest absolute Gasteiger partial charge is 0.241 e. The van der Waals surface area contributed by atoms with Gasteiger partial charge in [-0.05, 0) is 24.0 Å². The van der Waals surface area contributed by atoms with Crippen LogP contribution in [0.4, 0.5) is 0 Å². The monoisotopic (exact) mass is 338 g/mol. The van der Waals surface area contributed by atoms with E-state index < -0.39 is 0 Å². The molecule has 0 saturated heterocycles. The fraction of sp³-hybridized carbons (Fsp3) is 0.467. The molecule has 0 unspecified atom stereocenters. The van der Waals surface area contributed by atoms with E-state index in [1.165, 1.54) is 15.4 Å². The van der Waals surface area contributed by atoms with Crippen LogP contribution in [0.25, 0.3) is 0 Å². The predicted molar refractivity (Wildman–Crippen MR) is 81.3 cm³/mol. The van der Waals surface area contributed by atoms with E-state index in [1.807, 2.05) is 24.3 Å². The molecule has 1 fully saturated rings. The van der Waals surface area contributed by atoms with E-state index >= 15 is 0 Å². The molecule has 2 amide bonds. The van der Waals surface area contributed by atoms with E-state index in [0.717, 1.165) is 10.9 Å². The molecule has 0 aliphatic heterocycles. The second kappa shape index (κ2) is 5.95. The maximum Gasteiger partial charge on any atom is 0.241 e. The van der Waals surface area contributed by atoms with Crippen molar-refractivity contribution < 1.29 is 9.59 Å². The van der Waals surface area contributed by atoms with Crippen LogP contribution < -0.4 is 0 Å². The summed E-state index contributed by atoms with van der Waals surface area (Å²) in [4.78, 5) is 27.0. The van der Waals surface area contributed by atoms with Crippen molar-refractivity contribution in [2.75, 3.05) is 27.7 Å². The molecule has 0 heterocycles. The van der Waals surface area contributed by atoms with Gasteiger partial charge in [0, 0.05) is 31.5 Å². The maximum atomic E-state index is 12.3. The van der Waals surface area contributed by atoms with Crippen molar-refractivity contribution in [1.82, 2.24) is 9.80 Å². The van der Waals surface area contributed by atoms with Gasteiger partial charge in [-0.25, -0.2) is 0 Å². The lowest BCUT2D eigenvalue weighted by Gasteiger charge is -2.19. The SMILES string of the molecule is CN(C)C(=O)CN(C)C(=O)[C@@H]1C[C@@H]1c1ccccc1Br. The third kappa shape index (κ3) is 3.20. The lowest BCUT2D eigenvalue weighted by molar-refractivity contribution is -0.138. The van der Waals surface area contributed by atoms with Crippen LogP contribution in [0.2, 0.25) is 0 Å². The molecule has 0 spiro atoms. The highest BCUT2D eigenvalue weighted by atomic mass is 79.9. The van der Waals surface area contributed by atoms with Gasteiger partial charge in [-0.15, -0.1) is 0 Å². The topological polar surface area (TPSA) is 40.6 Å². The zero-order valence-corrected chi connectivity index (χ0v) is 13.6. The molecule has 1 aliphatic carbocycles. The first kappa shape index (κ1) is 15.0. The molecule has 0 radical (unpaired) electrons. The van der Waals surface area contributed by atoms with Gasteiger partial charge in [-0.1, -0.05) is 34.1 Å². The zero-order valence-electron chi connectivity index (χ0n) is 12.0. The number of likely N-dealkylation sites (N-methyl/N-ethyl adjacent to an activating group) is 2. The second-order valence-electron chi connectivity index (χ2n) is 5.45. The van der Waals surface area contributed by atoms with Crippen molar-refractivity contribution in [2.24, 2.45) is 5.92 Å². The Labute approximate surface area is 127 Å². The van der Waals surface area contributed by atoms with Crippen LogP contribution in [0.15, 0.2) is 28.7 Å². The Bertz CT molecular complexity index is 530. The molecule has 1 aromatic carbocycles. The van der Waals surface area contributed by atoms with Gasteiger partial charge in [-0.3, -0.25) is 9.59 Å². The van der Waals surface area contributed by atoms with Gasteiger partial charge in [0.1, 0.15) is 0 Å². The van der Waals surface area contributed by atoms with Crippen molar-refractivity contribution in [2.45, 2.75) is 12.3 Å². The quantitative estimate of drug-likeness (QED) is 0.843. The molecule has 0 bridgehead atoms. The minimum atomic E-state index is -0.0565. The van der Waals surface area contributed by atoms with E-state index in [4.69, 9.17) is 0 Å². The van der Waals surface area contributed by atoms with Gasteiger partial charge in [0.05, 0.1) is 6.54 Å². The summed E-state index contributed by atoms with van der Waals surface area (Å²) >= 11 is 3.52. The number of nitrogens with zero attached hydrogens (tertiary/aromatic N) is 2. The fourth-order valence-corrected chi connectivity index (χ4v) is 2.87. The summed E-state index contributed by atoms with van der Waals surface area (Å²) in [5, 5.41) is 0. The summed E-state index contributed by atoms with van der Waals surface area (Å²) in [5.74, 6) is 0.281. The molecule has 1 aromatic rings. The van der Waals surface area contributed by atoms with E-state index in [9.17, 15) is 9.59 Å². The highest BCUT2D eigenvalue weighted by Gasteiger charge is 2.46. The van der Waals surface area contributed by atoms with E-state index in [1.54, 1.807) is 21.1 Å². The molecule has 1 saturated carbocycles. The van der Waals surface area contributed by atoms with Gasteiger partial charge in [0.15, 0.2) is 0 Å². The highest BCUT2D eigenvalue weighted by molar-refractivity contribution is 9.10. The molecular weight excluding hydrogens is 320 g/mol. The maximum absolute atomic E-state index is 12.3. The third-order valence-electron chi connectivity index (χ3n) is 3.66. The van der Waals surface area contributed by atoms with Crippen molar-refractivity contribution in [1.29, 1.82) is 0 Å². The summed E-state index contributed by atoms with van der Waals surface area (Å²) in [6.07, 6.45) is 0.863. The van der Waals surface area contributed by atoms with E-state index in [-0.39, 0.29) is 30.2 Å². The number of amides is 2. The zero-order chi connectivity index (χ0) is 14.9. The number of halogens is 1. The number of carbonyl (C=O) groups is 2. The molecule has 0 aromatic heterocycles. The Kier molecular flexibility index (Phi) is 4.48. The van der Waals surface area contributed by atoms with E-state index in [2.05, 4.69) is 15.9 Å². The van der Waals surface area contributed by atoms with Crippen LogP contribution in [0.3, 0.4) is 0 Å². The van der Waals surface area contributed by atoms with Gasteiger partial charge in [0.25, 0.3) is 0 Å². The summed E-state index contributed by atoms with van der Waals surface area (Å²) in [5.41, 5.74) is 1.18. The number of benzene rings is 1. The van der Waals surface area contributed by atoms with Crippen LogP contribution in [-0.2, 0) is 9.59 Å². The molecule has 20 heavy (non-hydrogen) atoms. The summed E-state index contributed by atoms with van der Waals surface area (Å²) < 4.78 is 1.05. The number of carbonyl (C=O) groups excluding carboxylic acids is 2. The average Bonchev–Trinajstić information content (AvgIpc) is 3.18. The van der Waals surface area contributed by atoms with Crippen molar-refractivity contribution in [3.05, 3.63) is 34.3 Å². The van der Waals surface area contributed by atoms with E-state index in [0.29, 0.717) is 0 Å². The molecular formula is C15H19BrN2O2. The first-order valence-corrected chi connectivity index (χ1v) is 7.40. The van der Waals surface area contributed by atoms with Gasteiger partial charge < -0.3 is 9.80 Å². The molecule has 4 nitrogen and oxygen atoms in total. The van der Waals surface area contributed by atoms with Crippen LogP contribution >= 0.6 is 15.9 Å². The number of rotatable bonds is 4. The van der Waals surface area contributed by atoms with Crippen molar-refractivity contribution in [3.63, 3.8) is 0 Å². The normalized spacial score (nSPS) is 20.4. The molecule has 2 atom stereocenters. The fourth-order valence-electron chi connectivity index (χ4n) is 2.29. The summed E-state index contributed by atoms with van der Waals surface area (Å²) in [7, 11) is 5.09. The van der Waals surface area contributed by atoms with Gasteiger partial charge in [-0.2, -0.15) is 0 Å². The largest absolute Gasteiger partial charge is 0.347 e. The Hall–Kier alpha value is -1.36. The van der Waals surface area contributed by atoms with Crippen LogP contribution in [0.1, 0.15) is 17.9 Å². The van der Waals surface area contributed by atoms with Gasteiger partial charge in [0.2, 0.25) is 11.8 Å². The highest BCUT2D eigenvalue weighted by Crippen LogP contribution is 2.50. The summed E-state index contributed by atoms with van der Waals surface area (Å²) in [6, 6.07) is 8.00. The number of hydrogen-bond donors (Lipinski definition) is 0. The Morgan fingerprint density at radius 3 is 2.50 bits per heavy atom. The lowest BCUT2D eigenvalue weighted by Crippen LogP contribution is -2.38. The molecule has 0 N–H and O–H groups in total. The van der Waals surface area contributed by atoms with Crippen LogP contribution in [0, 0.1) is 5.92 Å². The molecule has 5 heteroatoms.